The van der Waals surface area contributed by atoms with E-state index >= 15 is 0 Å². The Morgan fingerprint density at radius 1 is 1.15 bits per heavy atom. The van der Waals surface area contributed by atoms with Crippen LogP contribution in [0.2, 0.25) is 0 Å². The van der Waals surface area contributed by atoms with Crippen LogP contribution >= 0.6 is 22.6 Å². The largest absolute Gasteiger partial charge is 0.462 e. The lowest BCUT2D eigenvalue weighted by Gasteiger charge is -2.32. The van der Waals surface area contributed by atoms with Gasteiger partial charge in [-0.2, -0.15) is 0 Å². The Hall–Kier alpha value is -1.19. The molecule has 1 heterocycles. The maximum atomic E-state index is 12.4. The Labute approximate surface area is 167 Å². The summed E-state index contributed by atoms with van der Waals surface area (Å²) in [5.74, 6) is -1.31. The van der Waals surface area contributed by atoms with Crippen LogP contribution in [0.1, 0.15) is 43.6 Å². The fraction of sp³-hybridized carbons (Fsp3) is 0.579. The first kappa shape index (κ1) is 21.1. The number of hydrogen-bond donors (Lipinski definition) is 0. The summed E-state index contributed by atoms with van der Waals surface area (Å²) in [5.41, 5.74) is -0.567. The summed E-state index contributed by atoms with van der Waals surface area (Å²) in [4.78, 5) is 24.4. The van der Waals surface area contributed by atoms with Gasteiger partial charge in [-0.15, -0.1) is 10.3 Å². The van der Waals surface area contributed by atoms with Crippen molar-refractivity contribution in [3.05, 3.63) is 35.9 Å². The molecule has 143 valence electrons. The molecule has 0 bridgehead atoms. The zero-order valence-corrected chi connectivity index (χ0v) is 17.7. The zero-order valence-electron chi connectivity index (χ0n) is 15.5. The van der Waals surface area contributed by atoms with Gasteiger partial charge in [0, 0.05) is 5.54 Å². The normalized spacial score (nSPS) is 22.6. The van der Waals surface area contributed by atoms with Crippen molar-refractivity contribution in [3.63, 3.8) is 0 Å². The molecule has 0 amide bonds. The molecule has 1 aromatic rings. The summed E-state index contributed by atoms with van der Waals surface area (Å²) in [7, 11) is 0. The van der Waals surface area contributed by atoms with E-state index in [0.717, 1.165) is 10.6 Å². The van der Waals surface area contributed by atoms with E-state index in [1.165, 1.54) is 0 Å². The number of carbonyl (C=O) groups is 2. The maximum Gasteiger partial charge on any atom is 0.323 e. The molecule has 1 aliphatic rings. The number of esters is 2. The summed E-state index contributed by atoms with van der Waals surface area (Å²) >= 11 is 2.02. The second kappa shape index (κ2) is 8.22. The van der Waals surface area contributed by atoms with Gasteiger partial charge in [-0.1, -0.05) is 52.9 Å². The fourth-order valence-electron chi connectivity index (χ4n) is 3.34. The number of rotatable bonds is 6. The number of benzene rings is 1. The summed E-state index contributed by atoms with van der Waals surface area (Å²) in [6.07, 6.45) is 0.436. The summed E-state index contributed by atoms with van der Waals surface area (Å²) < 4.78 is 10.0. The molecule has 1 radical (unpaired) electrons. The van der Waals surface area contributed by atoms with E-state index < -0.39 is 26.9 Å². The quantitative estimate of drug-likeness (QED) is 0.273. The molecule has 1 aromatic carbocycles. The number of nitrogens with zero attached hydrogens (tertiary/aromatic N) is 1. The van der Waals surface area contributed by atoms with E-state index in [2.05, 4.69) is 0 Å². The third-order valence-corrected chi connectivity index (χ3v) is 6.01. The van der Waals surface area contributed by atoms with E-state index in [1.807, 2.05) is 66.8 Å². The van der Waals surface area contributed by atoms with Gasteiger partial charge in [-0.25, -0.2) is 0 Å². The van der Waals surface area contributed by atoms with Crippen LogP contribution in [0.3, 0.4) is 0 Å². The van der Waals surface area contributed by atoms with Gasteiger partial charge >= 0.3 is 11.9 Å². The molecule has 7 heteroatoms. The third-order valence-electron chi connectivity index (χ3n) is 4.79. The molecule has 6 nitrogen and oxygen atoms in total. The molecule has 2 rings (SSSR count). The number of hydrogen-bond acceptors (Lipinski definition) is 5. The van der Waals surface area contributed by atoms with Crippen molar-refractivity contribution in [1.82, 2.24) is 5.06 Å². The van der Waals surface area contributed by atoms with Gasteiger partial charge in [0.15, 0.2) is 0 Å². The first-order valence-electron chi connectivity index (χ1n) is 8.57. The SMILES string of the molecule is CC1(C)CC(C(=O)OCCOC(=O)C(I)c2ccccc2)C(C)(C)N1[O]. The lowest BCUT2D eigenvalue weighted by Crippen LogP contribution is -2.47. The summed E-state index contributed by atoms with van der Waals surface area (Å²) in [5, 5.41) is 13.3. The number of ether oxygens (including phenoxy) is 2. The molecule has 1 saturated heterocycles. The molecule has 0 aliphatic carbocycles. The molecule has 1 aliphatic heterocycles. The third kappa shape index (κ3) is 4.55. The van der Waals surface area contributed by atoms with E-state index in [1.54, 1.807) is 13.8 Å². The van der Waals surface area contributed by atoms with Crippen LogP contribution in [0.25, 0.3) is 0 Å². The predicted molar refractivity (Wildman–Crippen MR) is 104 cm³/mol. The minimum Gasteiger partial charge on any atom is -0.462 e. The van der Waals surface area contributed by atoms with Crippen LogP contribution in [0.5, 0.6) is 0 Å². The van der Waals surface area contributed by atoms with Crippen LogP contribution in [0.4, 0.5) is 0 Å². The summed E-state index contributed by atoms with van der Waals surface area (Å²) in [6, 6.07) is 9.32. The molecule has 26 heavy (non-hydrogen) atoms. The number of halogens is 1. The van der Waals surface area contributed by atoms with Gasteiger partial charge < -0.3 is 9.47 Å². The van der Waals surface area contributed by atoms with Crippen LogP contribution in [0.15, 0.2) is 30.3 Å². The van der Waals surface area contributed by atoms with Gasteiger partial charge in [0.05, 0.1) is 11.5 Å². The Balaban J connectivity index is 1.79. The molecule has 2 atom stereocenters. The second-order valence-corrected chi connectivity index (χ2v) is 8.87. The number of hydroxylamine groups is 2. The van der Waals surface area contributed by atoms with Gasteiger partial charge in [-0.3, -0.25) is 9.59 Å². The van der Waals surface area contributed by atoms with E-state index in [0.29, 0.717) is 6.42 Å². The molecular weight excluding hydrogens is 449 g/mol. The van der Waals surface area contributed by atoms with Gasteiger partial charge in [0.1, 0.15) is 17.1 Å². The van der Waals surface area contributed by atoms with Crippen molar-refractivity contribution in [2.45, 2.75) is 49.1 Å². The van der Waals surface area contributed by atoms with Crippen LogP contribution in [-0.2, 0) is 24.3 Å². The standard InChI is InChI=1S/C19H25INO5/c1-18(2)12-14(19(3,4)21(18)24)16(22)25-10-11-26-17(23)15(20)13-8-6-5-7-9-13/h5-9,14-15H,10-12H2,1-4H3. The van der Waals surface area contributed by atoms with E-state index in [-0.39, 0.29) is 19.2 Å². The highest BCUT2D eigenvalue weighted by Crippen LogP contribution is 2.44. The number of carbonyl (C=O) groups excluding carboxylic acids is 2. The molecule has 0 saturated carbocycles. The average Bonchev–Trinajstić information content (AvgIpc) is 2.78. The summed E-state index contributed by atoms with van der Waals surface area (Å²) in [6.45, 7) is 7.12. The second-order valence-electron chi connectivity index (χ2n) is 7.63. The molecule has 0 spiro atoms. The van der Waals surface area contributed by atoms with Crippen molar-refractivity contribution in [2.24, 2.45) is 5.92 Å². The van der Waals surface area contributed by atoms with E-state index in [9.17, 15) is 14.8 Å². The lowest BCUT2D eigenvalue weighted by atomic mass is 9.87. The Bertz CT molecular complexity index is 647. The highest BCUT2D eigenvalue weighted by molar-refractivity contribution is 14.1. The zero-order chi connectivity index (χ0) is 19.5. The van der Waals surface area contributed by atoms with Crippen LogP contribution in [-0.4, -0.2) is 41.3 Å². The lowest BCUT2D eigenvalue weighted by molar-refractivity contribution is -0.248. The molecule has 0 N–H and O–H groups in total. The fourth-order valence-corrected chi connectivity index (χ4v) is 3.94. The average molecular weight is 474 g/mol. The minimum absolute atomic E-state index is 0.00542. The maximum absolute atomic E-state index is 12.4. The van der Waals surface area contributed by atoms with Crippen molar-refractivity contribution in [2.75, 3.05) is 13.2 Å². The topological polar surface area (TPSA) is 75.7 Å². The van der Waals surface area contributed by atoms with Crippen LogP contribution < -0.4 is 0 Å². The molecular formula is C19H25INO5. The molecule has 1 fully saturated rings. The first-order chi connectivity index (χ1) is 12.1. The monoisotopic (exact) mass is 474 g/mol. The first-order valence-corrected chi connectivity index (χ1v) is 9.81. The highest BCUT2D eigenvalue weighted by Gasteiger charge is 2.55. The predicted octanol–water partition coefficient (Wildman–Crippen LogP) is 3.47. The van der Waals surface area contributed by atoms with Gasteiger partial charge in [0.25, 0.3) is 0 Å². The van der Waals surface area contributed by atoms with Gasteiger partial charge in [-0.05, 0) is 39.7 Å². The highest BCUT2D eigenvalue weighted by atomic mass is 127. The van der Waals surface area contributed by atoms with Crippen LogP contribution in [0, 0.1) is 5.92 Å². The Morgan fingerprint density at radius 3 is 2.27 bits per heavy atom. The Kier molecular flexibility index (Phi) is 6.68. The van der Waals surface area contributed by atoms with E-state index in [4.69, 9.17) is 9.47 Å². The number of alkyl halides is 1. The van der Waals surface area contributed by atoms with Crippen molar-refractivity contribution in [3.8, 4) is 0 Å². The molecule has 0 aromatic heterocycles. The Morgan fingerprint density at radius 2 is 1.73 bits per heavy atom. The van der Waals surface area contributed by atoms with Crippen molar-refractivity contribution >= 4 is 34.5 Å². The van der Waals surface area contributed by atoms with Crippen molar-refractivity contribution in [1.29, 1.82) is 0 Å². The molecule has 2 unspecified atom stereocenters. The smallest absolute Gasteiger partial charge is 0.323 e. The van der Waals surface area contributed by atoms with Gasteiger partial charge in [0.2, 0.25) is 0 Å². The minimum atomic E-state index is -0.822. The van der Waals surface area contributed by atoms with Crippen molar-refractivity contribution < 1.29 is 24.3 Å².